The molecule has 1 aliphatic carbocycles. The Morgan fingerprint density at radius 3 is 2.47 bits per heavy atom. The Labute approximate surface area is 125 Å². The molecule has 0 aromatic heterocycles. The van der Waals surface area contributed by atoms with Crippen molar-refractivity contribution in [3.63, 3.8) is 0 Å². The molecule has 0 bridgehead atoms. The standard InChI is InChI=1S/C16H20Cl2O/c1-2-11-3-5-12(6-4-11)16(19)9-13-7-8-14(17)10-15(13)18/h7-8,10-12H,2-6,9H2,1H3. The molecular weight excluding hydrogens is 279 g/mol. The van der Waals surface area contributed by atoms with E-state index in [9.17, 15) is 4.79 Å². The van der Waals surface area contributed by atoms with Crippen LogP contribution in [-0.4, -0.2) is 5.78 Å². The van der Waals surface area contributed by atoms with Gasteiger partial charge in [-0.3, -0.25) is 4.79 Å². The molecule has 1 fully saturated rings. The Morgan fingerprint density at radius 1 is 1.21 bits per heavy atom. The molecule has 0 radical (unpaired) electrons. The van der Waals surface area contributed by atoms with Gasteiger partial charge in [0.2, 0.25) is 0 Å². The van der Waals surface area contributed by atoms with E-state index < -0.39 is 0 Å². The first-order chi connectivity index (χ1) is 9.10. The molecule has 0 aliphatic heterocycles. The van der Waals surface area contributed by atoms with Gasteiger partial charge in [0, 0.05) is 22.4 Å². The summed E-state index contributed by atoms with van der Waals surface area (Å²) in [6.45, 7) is 2.24. The van der Waals surface area contributed by atoms with Crippen molar-refractivity contribution in [1.29, 1.82) is 0 Å². The predicted molar refractivity (Wildman–Crippen MR) is 80.9 cm³/mol. The summed E-state index contributed by atoms with van der Waals surface area (Å²) >= 11 is 12.0. The fourth-order valence-corrected chi connectivity index (χ4v) is 3.37. The third kappa shape index (κ3) is 3.97. The minimum Gasteiger partial charge on any atom is -0.299 e. The minimum absolute atomic E-state index is 0.231. The van der Waals surface area contributed by atoms with Crippen molar-refractivity contribution in [1.82, 2.24) is 0 Å². The van der Waals surface area contributed by atoms with E-state index in [0.717, 1.165) is 24.3 Å². The zero-order valence-electron chi connectivity index (χ0n) is 11.3. The van der Waals surface area contributed by atoms with Crippen LogP contribution in [0.5, 0.6) is 0 Å². The molecule has 0 N–H and O–H groups in total. The zero-order chi connectivity index (χ0) is 13.8. The lowest BCUT2D eigenvalue weighted by molar-refractivity contribution is -0.123. The maximum atomic E-state index is 12.3. The molecule has 3 heteroatoms. The highest BCUT2D eigenvalue weighted by Crippen LogP contribution is 2.32. The maximum Gasteiger partial charge on any atom is 0.140 e. The SMILES string of the molecule is CCC1CCC(C(=O)Cc2ccc(Cl)cc2Cl)CC1. The first kappa shape index (κ1) is 14.9. The Hall–Kier alpha value is -0.530. The smallest absolute Gasteiger partial charge is 0.140 e. The van der Waals surface area contributed by atoms with Gasteiger partial charge >= 0.3 is 0 Å². The van der Waals surface area contributed by atoms with Crippen LogP contribution in [0.25, 0.3) is 0 Å². The molecule has 0 heterocycles. The number of Topliss-reactive ketones (excluding diaryl/α,β-unsaturated/α-hetero) is 1. The number of carbonyl (C=O) groups is 1. The highest BCUT2D eigenvalue weighted by molar-refractivity contribution is 6.35. The van der Waals surface area contributed by atoms with Gasteiger partial charge in [0.15, 0.2) is 0 Å². The van der Waals surface area contributed by atoms with Gasteiger partial charge < -0.3 is 0 Å². The van der Waals surface area contributed by atoms with Gasteiger partial charge in [-0.2, -0.15) is 0 Å². The van der Waals surface area contributed by atoms with Crippen molar-refractivity contribution in [2.24, 2.45) is 11.8 Å². The molecule has 0 saturated heterocycles. The largest absolute Gasteiger partial charge is 0.299 e. The van der Waals surface area contributed by atoms with E-state index in [4.69, 9.17) is 23.2 Å². The molecule has 104 valence electrons. The summed E-state index contributed by atoms with van der Waals surface area (Å²) in [7, 11) is 0. The van der Waals surface area contributed by atoms with Crippen molar-refractivity contribution in [2.75, 3.05) is 0 Å². The minimum atomic E-state index is 0.231. The van der Waals surface area contributed by atoms with Crippen LogP contribution in [0.4, 0.5) is 0 Å². The second kappa shape index (κ2) is 6.76. The molecule has 0 unspecified atom stereocenters. The van der Waals surface area contributed by atoms with E-state index in [-0.39, 0.29) is 5.92 Å². The highest BCUT2D eigenvalue weighted by atomic mass is 35.5. The molecule has 1 aromatic rings. The summed E-state index contributed by atoms with van der Waals surface area (Å²) in [6.07, 6.45) is 6.16. The topological polar surface area (TPSA) is 17.1 Å². The van der Waals surface area contributed by atoms with Crippen LogP contribution in [-0.2, 0) is 11.2 Å². The molecular formula is C16H20Cl2O. The van der Waals surface area contributed by atoms with Crippen LogP contribution < -0.4 is 0 Å². The number of benzene rings is 1. The zero-order valence-corrected chi connectivity index (χ0v) is 12.8. The van der Waals surface area contributed by atoms with Crippen molar-refractivity contribution in [3.05, 3.63) is 33.8 Å². The van der Waals surface area contributed by atoms with Crippen LogP contribution in [0.1, 0.15) is 44.6 Å². The number of ketones is 1. The van der Waals surface area contributed by atoms with Crippen LogP contribution in [0.15, 0.2) is 18.2 Å². The average Bonchev–Trinajstić information content (AvgIpc) is 2.42. The molecule has 2 rings (SSSR count). The summed E-state index contributed by atoms with van der Waals surface area (Å²) < 4.78 is 0. The lowest BCUT2D eigenvalue weighted by atomic mass is 9.78. The molecule has 19 heavy (non-hydrogen) atoms. The first-order valence-corrected chi connectivity index (χ1v) is 7.82. The number of hydrogen-bond acceptors (Lipinski definition) is 1. The van der Waals surface area contributed by atoms with E-state index in [2.05, 4.69) is 6.92 Å². The molecule has 1 nitrogen and oxygen atoms in total. The van der Waals surface area contributed by atoms with Crippen LogP contribution in [0.2, 0.25) is 10.0 Å². The van der Waals surface area contributed by atoms with Gasteiger partial charge in [-0.05, 0) is 49.3 Å². The van der Waals surface area contributed by atoms with E-state index >= 15 is 0 Å². The Kier molecular flexibility index (Phi) is 5.29. The summed E-state index contributed by atoms with van der Waals surface area (Å²) in [5.74, 6) is 1.39. The molecule has 0 spiro atoms. The maximum absolute atomic E-state index is 12.3. The van der Waals surface area contributed by atoms with E-state index in [0.29, 0.717) is 22.2 Å². The predicted octanol–water partition coefficient (Wildman–Crippen LogP) is 5.32. The number of carbonyl (C=O) groups excluding carboxylic acids is 1. The molecule has 0 amide bonds. The lowest BCUT2D eigenvalue weighted by Gasteiger charge is -2.26. The molecule has 1 saturated carbocycles. The first-order valence-electron chi connectivity index (χ1n) is 7.06. The van der Waals surface area contributed by atoms with E-state index in [1.807, 2.05) is 6.07 Å². The Balaban J connectivity index is 1.94. The van der Waals surface area contributed by atoms with Gasteiger partial charge in [-0.25, -0.2) is 0 Å². The number of hydrogen-bond donors (Lipinski definition) is 0. The summed E-state index contributed by atoms with van der Waals surface area (Å²) in [4.78, 5) is 12.3. The van der Waals surface area contributed by atoms with Crippen molar-refractivity contribution in [3.8, 4) is 0 Å². The number of rotatable bonds is 4. The summed E-state index contributed by atoms with van der Waals surface area (Å²) in [5, 5.41) is 1.22. The highest BCUT2D eigenvalue weighted by Gasteiger charge is 2.25. The summed E-state index contributed by atoms with van der Waals surface area (Å²) in [6, 6.07) is 5.37. The fraction of sp³-hybridized carbons (Fsp3) is 0.562. The third-order valence-electron chi connectivity index (χ3n) is 4.26. The van der Waals surface area contributed by atoms with Crippen LogP contribution in [0.3, 0.4) is 0 Å². The van der Waals surface area contributed by atoms with Gasteiger partial charge in [0.05, 0.1) is 0 Å². The van der Waals surface area contributed by atoms with E-state index in [1.54, 1.807) is 12.1 Å². The Morgan fingerprint density at radius 2 is 1.89 bits per heavy atom. The lowest BCUT2D eigenvalue weighted by Crippen LogP contribution is -2.23. The van der Waals surface area contributed by atoms with Gasteiger partial charge in [0.25, 0.3) is 0 Å². The van der Waals surface area contributed by atoms with Crippen LogP contribution >= 0.6 is 23.2 Å². The number of halogens is 2. The fourth-order valence-electron chi connectivity index (χ4n) is 2.89. The van der Waals surface area contributed by atoms with Gasteiger partial charge in [-0.1, -0.05) is 42.6 Å². The second-order valence-corrected chi connectivity index (χ2v) is 6.35. The van der Waals surface area contributed by atoms with E-state index in [1.165, 1.54) is 19.3 Å². The monoisotopic (exact) mass is 298 g/mol. The normalized spacial score (nSPS) is 23.3. The second-order valence-electron chi connectivity index (χ2n) is 5.50. The molecule has 1 aliphatic rings. The van der Waals surface area contributed by atoms with Crippen molar-refractivity contribution in [2.45, 2.75) is 45.4 Å². The van der Waals surface area contributed by atoms with Gasteiger partial charge in [-0.15, -0.1) is 0 Å². The average molecular weight is 299 g/mol. The van der Waals surface area contributed by atoms with Crippen LogP contribution in [0, 0.1) is 11.8 Å². The quantitative estimate of drug-likeness (QED) is 0.735. The van der Waals surface area contributed by atoms with Crippen molar-refractivity contribution < 1.29 is 4.79 Å². The Bertz CT molecular complexity index is 448. The van der Waals surface area contributed by atoms with Gasteiger partial charge in [0.1, 0.15) is 5.78 Å². The summed E-state index contributed by atoms with van der Waals surface area (Å²) in [5.41, 5.74) is 0.897. The molecule has 1 aromatic carbocycles. The third-order valence-corrected chi connectivity index (χ3v) is 4.85. The van der Waals surface area contributed by atoms with Crippen molar-refractivity contribution >= 4 is 29.0 Å². The molecule has 0 atom stereocenters.